The first kappa shape index (κ1) is 25.9. The van der Waals surface area contributed by atoms with Crippen LogP contribution in [0.4, 0.5) is 35.1 Å². The van der Waals surface area contributed by atoms with Crippen LogP contribution >= 0.6 is 0 Å². The summed E-state index contributed by atoms with van der Waals surface area (Å²) in [5.41, 5.74) is -5.82. The number of halogens is 8. The van der Waals surface area contributed by atoms with Crippen LogP contribution in [0.15, 0.2) is 41.2 Å². The maximum Gasteiger partial charge on any atom is 0.417 e. The molecule has 2 aromatic carbocycles. The van der Waals surface area contributed by atoms with Gasteiger partial charge in [-0.3, -0.25) is 4.79 Å². The Morgan fingerprint density at radius 1 is 1.06 bits per heavy atom. The second-order valence-corrected chi connectivity index (χ2v) is 8.76. The number of alkyl halides is 6. The molecular formula is C24H19F8NO3. The molecule has 1 aliphatic rings. The van der Waals surface area contributed by atoms with E-state index in [1.807, 2.05) is 0 Å². The average molecular weight is 521 g/mol. The number of fused-ring (bicyclic) bond motifs is 1. The number of pyridine rings is 1. The number of hydrogen-bond acceptors (Lipinski definition) is 3. The zero-order valence-corrected chi connectivity index (χ0v) is 18.9. The van der Waals surface area contributed by atoms with E-state index in [-0.39, 0.29) is 16.8 Å². The molecule has 4 rings (SSSR count). The number of H-pyrrole nitrogens is 1. The Bertz CT molecular complexity index is 1380. The predicted molar refractivity (Wildman–Crippen MR) is 113 cm³/mol. The molecule has 1 aliphatic heterocycles. The van der Waals surface area contributed by atoms with Gasteiger partial charge in [-0.2, -0.15) is 30.7 Å². The van der Waals surface area contributed by atoms with Crippen molar-refractivity contribution in [3.63, 3.8) is 0 Å². The van der Waals surface area contributed by atoms with E-state index in [1.54, 1.807) is 0 Å². The molecule has 1 saturated heterocycles. The summed E-state index contributed by atoms with van der Waals surface area (Å²) in [6.45, 7) is 1.97. The molecule has 4 atom stereocenters. The third-order valence-electron chi connectivity index (χ3n) is 6.80. The molecule has 12 heteroatoms. The van der Waals surface area contributed by atoms with Gasteiger partial charge in [0.1, 0.15) is 6.10 Å². The first-order valence-electron chi connectivity index (χ1n) is 10.6. The van der Waals surface area contributed by atoms with E-state index in [4.69, 9.17) is 9.47 Å². The van der Waals surface area contributed by atoms with Crippen LogP contribution < -0.4 is 10.2 Å². The van der Waals surface area contributed by atoms with Gasteiger partial charge in [0.15, 0.2) is 22.6 Å². The Morgan fingerprint density at radius 2 is 1.72 bits per heavy atom. The normalized spacial score (nSPS) is 24.9. The topological polar surface area (TPSA) is 51.3 Å². The third kappa shape index (κ3) is 3.91. The lowest BCUT2D eigenvalue weighted by molar-refractivity contribution is -0.275. The van der Waals surface area contributed by atoms with Gasteiger partial charge in [-0.25, -0.2) is 4.39 Å². The minimum Gasteiger partial charge on any atom is -0.493 e. The van der Waals surface area contributed by atoms with Crippen LogP contribution in [0.1, 0.15) is 42.7 Å². The van der Waals surface area contributed by atoms with Crippen LogP contribution in [0.3, 0.4) is 0 Å². The maximum atomic E-state index is 14.5. The van der Waals surface area contributed by atoms with Crippen molar-refractivity contribution in [1.82, 2.24) is 4.98 Å². The molecule has 0 radical (unpaired) electrons. The largest absolute Gasteiger partial charge is 0.493 e. The number of aromatic nitrogens is 1. The van der Waals surface area contributed by atoms with E-state index in [1.165, 1.54) is 13.0 Å². The van der Waals surface area contributed by atoms with Crippen LogP contribution in [-0.2, 0) is 10.9 Å². The summed E-state index contributed by atoms with van der Waals surface area (Å²) < 4.78 is 121. The molecule has 0 aliphatic carbocycles. The number of aromatic amines is 1. The van der Waals surface area contributed by atoms with Crippen molar-refractivity contribution < 1.29 is 44.6 Å². The fourth-order valence-electron chi connectivity index (χ4n) is 4.80. The second kappa shape index (κ2) is 8.46. The van der Waals surface area contributed by atoms with Crippen molar-refractivity contribution in [3.05, 3.63) is 75.1 Å². The van der Waals surface area contributed by atoms with Crippen molar-refractivity contribution >= 4 is 10.9 Å². The number of nitrogens with one attached hydrogen (secondary N) is 1. The van der Waals surface area contributed by atoms with Crippen LogP contribution in [0.5, 0.6) is 5.75 Å². The predicted octanol–water partition coefficient (Wildman–Crippen LogP) is 6.65. The zero-order valence-electron chi connectivity index (χ0n) is 18.9. The molecule has 1 fully saturated rings. The zero-order chi connectivity index (χ0) is 26.8. The number of ether oxygens (including phenoxy) is 2. The molecule has 194 valence electrons. The minimum atomic E-state index is -4.92. The molecule has 1 N–H and O–H groups in total. The number of hydrogen-bond donors (Lipinski definition) is 1. The summed E-state index contributed by atoms with van der Waals surface area (Å²) in [6.07, 6.45) is -11.4. The van der Waals surface area contributed by atoms with Gasteiger partial charge in [0.05, 0.1) is 23.6 Å². The van der Waals surface area contributed by atoms with E-state index in [0.717, 1.165) is 38.3 Å². The van der Waals surface area contributed by atoms with Gasteiger partial charge in [0, 0.05) is 29.2 Å². The number of rotatable bonds is 3. The van der Waals surface area contributed by atoms with Gasteiger partial charge < -0.3 is 14.5 Å². The minimum absolute atomic E-state index is 0.160. The fraction of sp³-hybridized carbons (Fsp3) is 0.375. The molecule has 4 nitrogen and oxygen atoms in total. The van der Waals surface area contributed by atoms with Crippen molar-refractivity contribution in [1.29, 1.82) is 0 Å². The Balaban J connectivity index is 1.98. The lowest BCUT2D eigenvalue weighted by Gasteiger charge is -2.32. The van der Waals surface area contributed by atoms with E-state index in [0.29, 0.717) is 6.07 Å². The summed E-state index contributed by atoms with van der Waals surface area (Å²) in [5, 5.41) is -0.694. The van der Waals surface area contributed by atoms with E-state index < -0.39 is 69.7 Å². The SMILES string of the molecule is COc1c([C@H]2[C@H](c3cc(=O)c4c(C(F)(F)F)cccc4[nH]3)O[C@@](C)(C(F)(F)F)[C@H]2C)ccc(F)c1F. The van der Waals surface area contributed by atoms with Crippen LogP contribution in [0, 0.1) is 17.6 Å². The highest BCUT2D eigenvalue weighted by Gasteiger charge is 2.65. The molecule has 0 saturated carbocycles. The molecule has 0 amide bonds. The van der Waals surface area contributed by atoms with Crippen LogP contribution in [0.25, 0.3) is 10.9 Å². The summed E-state index contributed by atoms with van der Waals surface area (Å²) in [4.78, 5) is 15.4. The van der Waals surface area contributed by atoms with E-state index in [2.05, 4.69) is 4.98 Å². The summed E-state index contributed by atoms with van der Waals surface area (Å²) in [5.74, 6) is -6.11. The lowest BCUT2D eigenvalue weighted by atomic mass is 9.76. The first-order valence-corrected chi connectivity index (χ1v) is 10.6. The van der Waals surface area contributed by atoms with Crippen molar-refractivity contribution in [3.8, 4) is 5.75 Å². The summed E-state index contributed by atoms with van der Waals surface area (Å²) in [6, 6.07) is 5.43. The maximum absolute atomic E-state index is 14.5. The average Bonchev–Trinajstić information content (AvgIpc) is 3.06. The van der Waals surface area contributed by atoms with Crippen molar-refractivity contribution in [2.45, 2.75) is 43.8 Å². The van der Waals surface area contributed by atoms with Gasteiger partial charge in [0.25, 0.3) is 0 Å². The smallest absolute Gasteiger partial charge is 0.417 e. The van der Waals surface area contributed by atoms with Crippen LogP contribution in [0.2, 0.25) is 0 Å². The highest BCUT2D eigenvalue weighted by Crippen LogP contribution is 2.59. The van der Waals surface area contributed by atoms with Gasteiger partial charge in [-0.05, 0) is 25.1 Å². The molecule has 0 unspecified atom stereocenters. The summed E-state index contributed by atoms with van der Waals surface area (Å²) in [7, 11) is 1.01. The van der Waals surface area contributed by atoms with Gasteiger partial charge in [-0.15, -0.1) is 0 Å². The van der Waals surface area contributed by atoms with Gasteiger partial charge in [0.2, 0.25) is 5.82 Å². The Kier molecular flexibility index (Phi) is 6.09. The standard InChI is InChI=1S/C24H19F8NO3/c1-10-17(11-7-8-13(25)19(26)20(11)35-3)21(36-22(10,2)24(30,31)32)15-9-16(34)18-12(23(27,28)29)5-4-6-14(18)33-15/h4-10,17,21H,1-3H3,(H,33,34)/t10-,17-,21-,22+/m0/s1. The highest BCUT2D eigenvalue weighted by molar-refractivity contribution is 5.82. The quantitative estimate of drug-likeness (QED) is 0.393. The molecule has 2 heterocycles. The Labute approximate surface area is 198 Å². The number of benzene rings is 2. The molecule has 0 bridgehead atoms. The van der Waals surface area contributed by atoms with E-state index in [9.17, 15) is 39.9 Å². The highest BCUT2D eigenvalue weighted by atomic mass is 19.4. The second-order valence-electron chi connectivity index (χ2n) is 8.76. The lowest BCUT2D eigenvalue weighted by Crippen LogP contribution is -2.46. The molecule has 36 heavy (non-hydrogen) atoms. The Morgan fingerprint density at radius 3 is 2.31 bits per heavy atom. The van der Waals surface area contributed by atoms with Gasteiger partial charge in [-0.1, -0.05) is 19.1 Å². The van der Waals surface area contributed by atoms with E-state index >= 15 is 0 Å². The molecule has 3 aromatic rings. The van der Waals surface area contributed by atoms with Gasteiger partial charge >= 0.3 is 12.4 Å². The van der Waals surface area contributed by atoms with Crippen molar-refractivity contribution in [2.24, 2.45) is 5.92 Å². The molecule has 0 spiro atoms. The summed E-state index contributed by atoms with van der Waals surface area (Å²) >= 11 is 0. The molecule has 1 aromatic heterocycles. The first-order chi connectivity index (χ1) is 16.6. The van der Waals surface area contributed by atoms with Crippen LogP contribution in [-0.4, -0.2) is 23.9 Å². The third-order valence-corrected chi connectivity index (χ3v) is 6.80. The monoisotopic (exact) mass is 521 g/mol. The Hall–Kier alpha value is -3.15. The molecular weight excluding hydrogens is 502 g/mol. The fourth-order valence-corrected chi connectivity index (χ4v) is 4.80. The van der Waals surface area contributed by atoms with Crippen molar-refractivity contribution in [2.75, 3.05) is 7.11 Å². The number of methoxy groups -OCH3 is 1.